The van der Waals surface area contributed by atoms with Crippen molar-refractivity contribution in [2.45, 2.75) is 52.4 Å². The van der Waals surface area contributed by atoms with Crippen LogP contribution in [0.4, 0.5) is 0 Å². The summed E-state index contributed by atoms with van der Waals surface area (Å²) in [6.07, 6.45) is 4.62. The normalized spacial score (nSPS) is 14.6. The molecule has 0 bridgehead atoms. The van der Waals surface area contributed by atoms with Crippen LogP contribution in [0, 0.1) is 6.42 Å². The topological polar surface area (TPSA) is 0 Å². The van der Waals surface area contributed by atoms with E-state index in [0.29, 0.717) is 0 Å². The van der Waals surface area contributed by atoms with Crippen LogP contribution in [0.25, 0.3) is 11.6 Å². The van der Waals surface area contributed by atoms with Crippen molar-refractivity contribution in [3.8, 4) is 0 Å². The third kappa shape index (κ3) is 3.27. The van der Waals surface area contributed by atoms with Gasteiger partial charge in [-0.3, -0.25) is 0 Å². The number of hydrogen-bond donors (Lipinski definition) is 0. The molecule has 0 atom stereocenters. The van der Waals surface area contributed by atoms with Gasteiger partial charge >= 0.3 is 0 Å². The molecule has 0 amide bonds. The fraction of sp³-hybridized carbons (Fsp3) is 0.348. The molecule has 1 aliphatic rings. The number of fused-ring (bicyclic) bond motifs is 1. The van der Waals surface area contributed by atoms with E-state index in [4.69, 9.17) is 0 Å². The van der Waals surface area contributed by atoms with E-state index < -0.39 is 0 Å². The second-order valence-electron chi connectivity index (χ2n) is 8.67. The van der Waals surface area contributed by atoms with Crippen LogP contribution in [0.2, 0.25) is 0 Å². The smallest absolute Gasteiger partial charge is 0.0211 e. The summed E-state index contributed by atoms with van der Waals surface area (Å²) in [7, 11) is 0. The Labute approximate surface area is 141 Å². The van der Waals surface area contributed by atoms with Gasteiger partial charge in [0.2, 0.25) is 0 Å². The van der Waals surface area contributed by atoms with Gasteiger partial charge in [-0.15, -0.1) is 0 Å². The highest BCUT2D eigenvalue weighted by molar-refractivity contribution is 5.94. The Morgan fingerprint density at radius 1 is 0.652 bits per heavy atom. The van der Waals surface area contributed by atoms with E-state index in [1.165, 1.54) is 33.4 Å². The van der Waals surface area contributed by atoms with Crippen LogP contribution in [-0.2, 0) is 10.8 Å². The molecule has 0 aromatic heterocycles. The van der Waals surface area contributed by atoms with E-state index in [9.17, 15) is 0 Å². The summed E-state index contributed by atoms with van der Waals surface area (Å²) in [4.78, 5) is 0. The lowest BCUT2D eigenvalue weighted by Gasteiger charge is -2.26. The van der Waals surface area contributed by atoms with Crippen molar-refractivity contribution in [3.05, 3.63) is 76.7 Å². The molecule has 0 spiro atoms. The highest BCUT2D eigenvalue weighted by Gasteiger charge is 2.22. The Balaban J connectivity index is 2.10. The van der Waals surface area contributed by atoms with Crippen molar-refractivity contribution in [1.82, 2.24) is 0 Å². The fourth-order valence-electron chi connectivity index (χ4n) is 2.98. The summed E-state index contributed by atoms with van der Waals surface area (Å²) >= 11 is 0. The standard InChI is InChI=1S/C23H27/c1-22(2,3)20-13-19(14-21(15-20)23(4,5)6)18-11-16-9-7-8-10-17(16)12-18/h7-15H,1-6H3. The van der Waals surface area contributed by atoms with Crippen molar-refractivity contribution in [2.24, 2.45) is 0 Å². The van der Waals surface area contributed by atoms with Gasteiger partial charge in [-0.25, -0.2) is 0 Å². The summed E-state index contributed by atoms with van der Waals surface area (Å²) < 4.78 is 0. The predicted octanol–water partition coefficient (Wildman–Crippen LogP) is 6.39. The molecule has 2 aromatic carbocycles. The molecule has 23 heavy (non-hydrogen) atoms. The summed E-state index contributed by atoms with van der Waals surface area (Å²) in [6, 6.07) is 15.7. The number of hydrogen-bond acceptors (Lipinski definition) is 0. The third-order valence-electron chi connectivity index (χ3n) is 4.62. The van der Waals surface area contributed by atoms with E-state index in [-0.39, 0.29) is 10.8 Å². The minimum absolute atomic E-state index is 0.155. The fourth-order valence-corrected chi connectivity index (χ4v) is 2.98. The highest BCUT2D eigenvalue weighted by atomic mass is 14.3. The molecule has 0 fully saturated rings. The lowest BCUT2D eigenvalue weighted by atomic mass is 9.78. The van der Waals surface area contributed by atoms with Gasteiger partial charge in [0.1, 0.15) is 0 Å². The zero-order chi connectivity index (χ0) is 16.8. The summed E-state index contributed by atoms with van der Waals surface area (Å²) in [5, 5.41) is 0. The molecule has 0 saturated carbocycles. The number of allylic oxidation sites excluding steroid dienone is 1. The molecule has 0 heterocycles. The third-order valence-corrected chi connectivity index (χ3v) is 4.62. The maximum Gasteiger partial charge on any atom is 0.0211 e. The molecular weight excluding hydrogens is 276 g/mol. The first-order chi connectivity index (χ1) is 10.6. The Morgan fingerprint density at radius 2 is 1.17 bits per heavy atom. The van der Waals surface area contributed by atoms with Crippen LogP contribution < -0.4 is 0 Å². The van der Waals surface area contributed by atoms with Crippen molar-refractivity contribution in [2.75, 3.05) is 0 Å². The number of benzene rings is 2. The summed E-state index contributed by atoms with van der Waals surface area (Å²) in [6.45, 7) is 13.8. The second kappa shape index (κ2) is 5.37. The van der Waals surface area contributed by atoms with E-state index in [2.05, 4.69) is 96.5 Å². The van der Waals surface area contributed by atoms with Gasteiger partial charge in [0.15, 0.2) is 0 Å². The molecule has 0 N–H and O–H groups in total. The predicted molar refractivity (Wildman–Crippen MR) is 102 cm³/mol. The van der Waals surface area contributed by atoms with Crippen LogP contribution in [0.15, 0.2) is 42.5 Å². The SMILES string of the molecule is CC(C)(C)c1cc(C2=Cc3ccccc3[CH]2)cc(C(C)(C)C)c1. The van der Waals surface area contributed by atoms with Crippen LogP contribution >= 0.6 is 0 Å². The minimum atomic E-state index is 0.155. The Bertz CT molecular complexity index is 729. The van der Waals surface area contributed by atoms with Crippen LogP contribution in [0.5, 0.6) is 0 Å². The molecule has 0 saturated heterocycles. The highest BCUT2D eigenvalue weighted by Crippen LogP contribution is 2.37. The molecule has 0 nitrogen and oxygen atoms in total. The van der Waals surface area contributed by atoms with Crippen molar-refractivity contribution in [3.63, 3.8) is 0 Å². The Kier molecular flexibility index (Phi) is 3.75. The van der Waals surface area contributed by atoms with Gasteiger partial charge in [-0.1, -0.05) is 90.1 Å². The van der Waals surface area contributed by atoms with Gasteiger partial charge in [0.25, 0.3) is 0 Å². The zero-order valence-electron chi connectivity index (χ0n) is 15.2. The maximum absolute atomic E-state index is 2.38. The molecular formula is C23H27. The average Bonchev–Trinajstić information content (AvgIpc) is 2.89. The monoisotopic (exact) mass is 303 g/mol. The quantitative estimate of drug-likeness (QED) is 0.572. The molecule has 1 aliphatic carbocycles. The van der Waals surface area contributed by atoms with Gasteiger partial charge in [-0.05, 0) is 44.2 Å². The first-order valence-electron chi connectivity index (χ1n) is 8.46. The van der Waals surface area contributed by atoms with Gasteiger partial charge in [0, 0.05) is 6.42 Å². The number of rotatable bonds is 1. The van der Waals surface area contributed by atoms with Crippen LogP contribution in [-0.4, -0.2) is 0 Å². The molecule has 2 aromatic rings. The van der Waals surface area contributed by atoms with Gasteiger partial charge < -0.3 is 0 Å². The minimum Gasteiger partial charge on any atom is -0.0619 e. The average molecular weight is 303 g/mol. The molecule has 119 valence electrons. The Hall–Kier alpha value is -1.82. The molecule has 1 radical (unpaired) electrons. The van der Waals surface area contributed by atoms with Crippen LogP contribution in [0.3, 0.4) is 0 Å². The summed E-state index contributed by atoms with van der Waals surface area (Å²) in [5.74, 6) is 0. The van der Waals surface area contributed by atoms with E-state index in [0.717, 1.165) is 0 Å². The molecule has 0 aliphatic heterocycles. The maximum atomic E-state index is 2.38. The van der Waals surface area contributed by atoms with Crippen molar-refractivity contribution >= 4 is 11.6 Å². The summed E-state index contributed by atoms with van der Waals surface area (Å²) in [5.41, 5.74) is 8.42. The van der Waals surface area contributed by atoms with E-state index in [1.54, 1.807) is 0 Å². The lowest BCUT2D eigenvalue weighted by molar-refractivity contribution is 0.568. The molecule has 0 heteroatoms. The first kappa shape index (κ1) is 16.1. The van der Waals surface area contributed by atoms with Gasteiger partial charge in [0.05, 0.1) is 0 Å². The van der Waals surface area contributed by atoms with Crippen LogP contribution in [0.1, 0.15) is 69.4 Å². The van der Waals surface area contributed by atoms with Crippen molar-refractivity contribution in [1.29, 1.82) is 0 Å². The first-order valence-corrected chi connectivity index (χ1v) is 8.46. The molecule has 3 rings (SSSR count). The van der Waals surface area contributed by atoms with Crippen molar-refractivity contribution < 1.29 is 0 Å². The second-order valence-corrected chi connectivity index (χ2v) is 8.67. The largest absolute Gasteiger partial charge is 0.0619 e. The zero-order valence-corrected chi connectivity index (χ0v) is 15.2. The lowest BCUT2D eigenvalue weighted by Crippen LogP contribution is -2.17. The van der Waals surface area contributed by atoms with Gasteiger partial charge in [-0.2, -0.15) is 0 Å². The van der Waals surface area contributed by atoms with E-state index >= 15 is 0 Å². The molecule has 0 unspecified atom stereocenters. The Morgan fingerprint density at radius 3 is 1.65 bits per heavy atom. The van der Waals surface area contributed by atoms with E-state index in [1.807, 2.05) is 0 Å².